The van der Waals surface area contributed by atoms with Gasteiger partial charge in [0.25, 0.3) is 0 Å². The van der Waals surface area contributed by atoms with Crippen LogP contribution in [0.4, 0.5) is 4.39 Å². The summed E-state index contributed by atoms with van der Waals surface area (Å²) in [5, 5.41) is 0. The van der Waals surface area contributed by atoms with Crippen molar-refractivity contribution in [3.8, 4) is 5.75 Å². The van der Waals surface area contributed by atoms with E-state index in [9.17, 15) is 4.39 Å². The summed E-state index contributed by atoms with van der Waals surface area (Å²) in [7, 11) is 0. The van der Waals surface area contributed by atoms with Crippen molar-refractivity contribution in [1.82, 2.24) is 0 Å². The Morgan fingerprint density at radius 3 is 2.61 bits per heavy atom. The molecule has 0 amide bonds. The minimum absolute atomic E-state index is 0.0912. The Morgan fingerprint density at radius 2 is 1.91 bits per heavy atom. The highest BCUT2D eigenvalue weighted by Gasteiger charge is 2.20. The second-order valence-corrected chi connectivity index (χ2v) is 7.27. The van der Waals surface area contributed by atoms with Crippen LogP contribution in [0.1, 0.15) is 24.5 Å². The van der Waals surface area contributed by atoms with Gasteiger partial charge in [-0.1, -0.05) is 30.3 Å². The van der Waals surface area contributed by atoms with Crippen LogP contribution in [-0.2, 0) is 12.8 Å². The molecular weight excluding hydrogens is 404 g/mol. The van der Waals surface area contributed by atoms with Gasteiger partial charge in [-0.3, -0.25) is 0 Å². The van der Waals surface area contributed by atoms with Crippen LogP contribution in [0.25, 0.3) is 0 Å². The average Bonchev–Trinajstić information content (AvgIpc) is 2.54. The molecule has 0 saturated carbocycles. The van der Waals surface area contributed by atoms with Gasteiger partial charge in [0.1, 0.15) is 19.0 Å². The van der Waals surface area contributed by atoms with Crippen LogP contribution in [0.2, 0.25) is 0 Å². The lowest BCUT2D eigenvalue weighted by molar-refractivity contribution is 0.273. The van der Waals surface area contributed by atoms with Gasteiger partial charge < -0.3 is 10.5 Å². The van der Waals surface area contributed by atoms with Crippen LogP contribution >= 0.6 is 22.6 Å². The molecule has 0 saturated heterocycles. The van der Waals surface area contributed by atoms with Gasteiger partial charge in [0.05, 0.1) is 0 Å². The lowest BCUT2D eigenvalue weighted by atomic mass is 9.88. The molecular formula is C19H23FINO. The van der Waals surface area contributed by atoms with Crippen LogP contribution in [0.15, 0.2) is 48.5 Å². The molecule has 0 aliphatic rings. The molecule has 2 aromatic rings. The Morgan fingerprint density at radius 1 is 1.17 bits per heavy atom. The van der Waals surface area contributed by atoms with Gasteiger partial charge in [0, 0.05) is 9.11 Å². The SMILES string of the molecule is CC(N)(CCc1ccccc1)Cc1cc(OCCF)ccc1I. The number of ether oxygens (including phenoxy) is 1. The van der Waals surface area contributed by atoms with Gasteiger partial charge in [0.2, 0.25) is 0 Å². The number of benzene rings is 2. The summed E-state index contributed by atoms with van der Waals surface area (Å²) in [6, 6.07) is 16.2. The molecule has 1 atom stereocenters. The number of halogens is 2. The molecule has 0 radical (unpaired) electrons. The standard InChI is InChI=1S/C19H23FINO/c1-19(22,10-9-15-5-3-2-4-6-15)14-16-13-17(23-12-11-20)7-8-18(16)21/h2-8,13H,9-12,14,22H2,1H3. The third-order valence-electron chi connectivity index (χ3n) is 3.78. The van der Waals surface area contributed by atoms with Crippen LogP contribution in [0.5, 0.6) is 5.75 Å². The summed E-state index contributed by atoms with van der Waals surface area (Å²) in [5.74, 6) is 0.705. The first-order chi connectivity index (χ1) is 11.0. The van der Waals surface area contributed by atoms with Crippen LogP contribution < -0.4 is 10.5 Å². The van der Waals surface area contributed by atoms with E-state index in [2.05, 4.69) is 53.8 Å². The molecule has 0 spiro atoms. The largest absolute Gasteiger partial charge is 0.491 e. The number of rotatable bonds is 8. The van der Waals surface area contributed by atoms with Gasteiger partial charge >= 0.3 is 0 Å². The fourth-order valence-corrected chi connectivity index (χ4v) is 3.06. The monoisotopic (exact) mass is 427 g/mol. The molecule has 4 heteroatoms. The smallest absolute Gasteiger partial charge is 0.123 e. The molecule has 2 aromatic carbocycles. The molecule has 1 unspecified atom stereocenters. The molecule has 2 N–H and O–H groups in total. The predicted octanol–water partition coefficient (Wildman–Crippen LogP) is 4.53. The van der Waals surface area contributed by atoms with Crippen molar-refractivity contribution in [3.05, 3.63) is 63.2 Å². The lowest BCUT2D eigenvalue weighted by Gasteiger charge is -2.25. The van der Waals surface area contributed by atoms with Crippen LogP contribution in [0, 0.1) is 3.57 Å². The van der Waals surface area contributed by atoms with Crippen molar-refractivity contribution >= 4 is 22.6 Å². The zero-order valence-electron chi connectivity index (χ0n) is 13.4. The first-order valence-electron chi connectivity index (χ1n) is 7.80. The minimum atomic E-state index is -0.479. The normalized spacial score (nSPS) is 13.6. The summed E-state index contributed by atoms with van der Waals surface area (Å²) in [6.45, 7) is 1.70. The summed E-state index contributed by atoms with van der Waals surface area (Å²) in [6.07, 6.45) is 2.63. The van der Waals surface area contributed by atoms with Crippen molar-refractivity contribution in [2.24, 2.45) is 5.73 Å². The van der Waals surface area contributed by atoms with Crippen molar-refractivity contribution in [3.63, 3.8) is 0 Å². The molecule has 0 aromatic heterocycles. The first-order valence-corrected chi connectivity index (χ1v) is 8.88. The second kappa shape index (κ2) is 8.64. The highest BCUT2D eigenvalue weighted by molar-refractivity contribution is 14.1. The van der Waals surface area contributed by atoms with Gasteiger partial charge in [-0.2, -0.15) is 0 Å². The quantitative estimate of drug-likeness (QED) is 0.629. The van der Waals surface area contributed by atoms with Crippen molar-refractivity contribution < 1.29 is 9.13 Å². The summed E-state index contributed by atoms with van der Waals surface area (Å²) < 4.78 is 18.8. The molecule has 0 fully saturated rings. The van der Waals surface area contributed by atoms with E-state index in [-0.39, 0.29) is 12.1 Å². The average molecular weight is 427 g/mol. The van der Waals surface area contributed by atoms with Crippen LogP contribution in [0.3, 0.4) is 0 Å². The molecule has 0 aliphatic heterocycles. The van der Waals surface area contributed by atoms with Gasteiger partial charge in [-0.25, -0.2) is 4.39 Å². The van der Waals surface area contributed by atoms with Gasteiger partial charge in [-0.05, 0) is 78.1 Å². The van der Waals surface area contributed by atoms with E-state index in [0.717, 1.165) is 28.4 Å². The molecule has 0 bridgehead atoms. The zero-order valence-corrected chi connectivity index (χ0v) is 15.6. The number of nitrogens with two attached hydrogens (primary N) is 1. The maximum atomic E-state index is 12.2. The van der Waals surface area contributed by atoms with E-state index < -0.39 is 6.67 Å². The number of hydrogen-bond acceptors (Lipinski definition) is 2. The first kappa shape index (κ1) is 18.2. The van der Waals surface area contributed by atoms with Crippen molar-refractivity contribution in [2.75, 3.05) is 13.3 Å². The van der Waals surface area contributed by atoms with E-state index in [1.165, 1.54) is 5.56 Å². The number of hydrogen-bond donors (Lipinski definition) is 1. The van der Waals surface area contributed by atoms with Crippen molar-refractivity contribution in [2.45, 2.75) is 31.7 Å². The van der Waals surface area contributed by atoms with E-state index in [0.29, 0.717) is 5.75 Å². The molecule has 23 heavy (non-hydrogen) atoms. The third-order valence-corrected chi connectivity index (χ3v) is 4.84. The van der Waals surface area contributed by atoms with E-state index >= 15 is 0 Å². The third kappa shape index (κ3) is 6.11. The molecule has 0 aliphatic carbocycles. The zero-order chi connectivity index (χ0) is 16.7. The summed E-state index contributed by atoms with van der Waals surface area (Å²) in [4.78, 5) is 0. The van der Waals surface area contributed by atoms with E-state index in [4.69, 9.17) is 10.5 Å². The Bertz CT molecular complexity index is 616. The Balaban J connectivity index is 2.01. The van der Waals surface area contributed by atoms with Crippen molar-refractivity contribution in [1.29, 1.82) is 0 Å². The highest BCUT2D eigenvalue weighted by Crippen LogP contribution is 2.25. The fourth-order valence-electron chi connectivity index (χ4n) is 2.53. The minimum Gasteiger partial charge on any atom is -0.491 e. The Kier molecular flexibility index (Phi) is 6.84. The van der Waals surface area contributed by atoms with Gasteiger partial charge in [-0.15, -0.1) is 0 Å². The number of aryl methyl sites for hydroxylation is 1. The van der Waals surface area contributed by atoms with Gasteiger partial charge in [0.15, 0.2) is 0 Å². The number of alkyl halides is 1. The maximum absolute atomic E-state index is 12.2. The summed E-state index contributed by atoms with van der Waals surface area (Å²) in [5.41, 5.74) is 8.67. The molecule has 0 heterocycles. The Labute approximate surface area is 151 Å². The summed E-state index contributed by atoms with van der Waals surface area (Å²) >= 11 is 2.31. The highest BCUT2D eigenvalue weighted by atomic mass is 127. The molecule has 124 valence electrons. The topological polar surface area (TPSA) is 35.2 Å². The maximum Gasteiger partial charge on any atom is 0.123 e. The Hall–Kier alpha value is -1.14. The second-order valence-electron chi connectivity index (χ2n) is 6.11. The van der Waals surface area contributed by atoms with E-state index in [1.54, 1.807) is 0 Å². The van der Waals surface area contributed by atoms with E-state index in [1.807, 2.05) is 24.3 Å². The van der Waals surface area contributed by atoms with Crippen LogP contribution in [-0.4, -0.2) is 18.8 Å². The molecule has 2 rings (SSSR count). The molecule has 2 nitrogen and oxygen atoms in total. The fraction of sp³-hybridized carbons (Fsp3) is 0.368. The lowest BCUT2D eigenvalue weighted by Crippen LogP contribution is -2.39. The predicted molar refractivity (Wildman–Crippen MR) is 102 cm³/mol.